The van der Waals surface area contributed by atoms with Crippen LogP contribution < -0.4 is 5.32 Å². The average molecular weight is 282 g/mol. The number of carbonyl (C=O) groups is 1. The second-order valence-corrected chi connectivity index (χ2v) is 5.76. The van der Waals surface area contributed by atoms with E-state index in [4.69, 9.17) is 0 Å². The Kier molecular flexibility index (Phi) is 5.16. The molecule has 0 aliphatic heterocycles. The van der Waals surface area contributed by atoms with Crippen LogP contribution in [-0.2, 0) is 4.79 Å². The Bertz CT molecular complexity index is 568. The number of hydrogen-bond donors (Lipinski definition) is 1. The zero-order valence-electron chi connectivity index (χ0n) is 12.8. The summed E-state index contributed by atoms with van der Waals surface area (Å²) in [6.45, 7) is 4.20. The molecule has 0 radical (unpaired) electrons. The van der Waals surface area contributed by atoms with Gasteiger partial charge in [-0.25, -0.2) is 0 Å². The Balaban J connectivity index is 2.09. The smallest absolute Gasteiger partial charge is 0.266 e. The Morgan fingerprint density at radius 2 is 1.90 bits per heavy atom. The molecule has 0 spiro atoms. The number of nitriles is 1. The third kappa shape index (κ3) is 3.95. The molecule has 0 heterocycles. The zero-order valence-corrected chi connectivity index (χ0v) is 12.8. The number of benzene rings is 1. The van der Waals surface area contributed by atoms with Gasteiger partial charge in [0.05, 0.1) is 0 Å². The van der Waals surface area contributed by atoms with Crippen molar-refractivity contribution in [1.82, 2.24) is 0 Å². The summed E-state index contributed by atoms with van der Waals surface area (Å²) >= 11 is 0. The minimum Gasteiger partial charge on any atom is -0.321 e. The van der Waals surface area contributed by atoms with Gasteiger partial charge in [0.1, 0.15) is 11.6 Å². The van der Waals surface area contributed by atoms with Gasteiger partial charge in [0.15, 0.2) is 0 Å². The van der Waals surface area contributed by atoms with E-state index in [-0.39, 0.29) is 5.91 Å². The van der Waals surface area contributed by atoms with E-state index in [0.717, 1.165) is 48.4 Å². The monoisotopic (exact) mass is 282 g/mol. The molecule has 1 aliphatic carbocycles. The Hall–Kier alpha value is -2.08. The number of nitrogens with zero attached hydrogens (tertiary/aromatic N) is 1. The van der Waals surface area contributed by atoms with Crippen molar-refractivity contribution in [3.8, 4) is 6.07 Å². The summed E-state index contributed by atoms with van der Waals surface area (Å²) in [6.07, 6.45) is 5.12. The quantitative estimate of drug-likeness (QED) is 0.661. The van der Waals surface area contributed by atoms with Gasteiger partial charge in [-0.05, 0) is 56.2 Å². The van der Waals surface area contributed by atoms with Gasteiger partial charge in [-0.15, -0.1) is 0 Å². The van der Waals surface area contributed by atoms with Crippen molar-refractivity contribution in [3.63, 3.8) is 0 Å². The number of allylic oxidation sites excluding steroid dienone is 1. The number of carbonyl (C=O) groups excluding carboxylic acids is 1. The average Bonchev–Trinajstić information content (AvgIpc) is 2.51. The van der Waals surface area contributed by atoms with E-state index < -0.39 is 0 Å². The fraction of sp³-hybridized carbons (Fsp3) is 0.444. The van der Waals surface area contributed by atoms with Crippen LogP contribution in [0.2, 0.25) is 0 Å². The first-order valence-corrected chi connectivity index (χ1v) is 7.64. The molecule has 0 atom stereocenters. The van der Waals surface area contributed by atoms with Crippen LogP contribution in [0, 0.1) is 24.2 Å². The summed E-state index contributed by atoms with van der Waals surface area (Å²) in [5.41, 5.74) is 3.21. The number of rotatable bonds is 3. The molecule has 3 nitrogen and oxygen atoms in total. The minimum absolute atomic E-state index is 0.272. The van der Waals surface area contributed by atoms with Gasteiger partial charge in [0.2, 0.25) is 0 Å². The Labute approximate surface area is 126 Å². The molecule has 1 aromatic carbocycles. The van der Waals surface area contributed by atoms with Crippen molar-refractivity contribution in [2.45, 2.75) is 46.0 Å². The molecule has 0 aromatic heterocycles. The fourth-order valence-corrected chi connectivity index (χ4v) is 2.81. The first-order chi connectivity index (χ1) is 10.1. The lowest BCUT2D eigenvalue weighted by atomic mass is 9.82. The molecule has 0 bridgehead atoms. The highest BCUT2D eigenvalue weighted by molar-refractivity contribution is 6.07. The van der Waals surface area contributed by atoms with Crippen LogP contribution in [0.3, 0.4) is 0 Å². The number of amides is 1. The molecule has 110 valence electrons. The molecule has 1 amide bonds. The molecule has 3 heteroatoms. The van der Waals surface area contributed by atoms with E-state index >= 15 is 0 Å². The normalized spacial score (nSPS) is 18.0. The van der Waals surface area contributed by atoms with E-state index in [1.54, 1.807) is 0 Å². The highest BCUT2D eigenvalue weighted by Crippen LogP contribution is 2.32. The van der Waals surface area contributed by atoms with Gasteiger partial charge in [0.25, 0.3) is 5.91 Å². The van der Waals surface area contributed by atoms with E-state index in [1.807, 2.05) is 31.2 Å². The zero-order chi connectivity index (χ0) is 15.2. The summed E-state index contributed by atoms with van der Waals surface area (Å²) in [4.78, 5) is 12.3. The van der Waals surface area contributed by atoms with Crippen LogP contribution in [0.1, 0.15) is 44.6 Å². The van der Waals surface area contributed by atoms with E-state index in [9.17, 15) is 10.1 Å². The number of aryl methyl sites for hydroxylation is 1. The maximum absolute atomic E-state index is 12.3. The first-order valence-electron chi connectivity index (χ1n) is 7.64. The second kappa shape index (κ2) is 7.08. The molecular formula is C18H22N2O. The number of nitrogens with one attached hydrogen (secondary N) is 1. The van der Waals surface area contributed by atoms with Crippen LogP contribution in [0.15, 0.2) is 35.4 Å². The lowest BCUT2D eigenvalue weighted by Crippen LogP contribution is -2.17. The number of hydrogen-bond acceptors (Lipinski definition) is 2. The van der Waals surface area contributed by atoms with E-state index in [1.165, 1.54) is 6.42 Å². The topological polar surface area (TPSA) is 52.9 Å². The predicted molar refractivity (Wildman–Crippen MR) is 84.7 cm³/mol. The standard InChI is InChI=1S/C18H22N2O/c1-3-14-6-8-15(9-7-14)17(12-19)18(21)20-16-10-4-13(2)5-11-16/h4-5,10-11,14H,3,6-9H2,1-2H3,(H,20,21). The molecule has 21 heavy (non-hydrogen) atoms. The maximum atomic E-state index is 12.3. The summed E-state index contributed by atoms with van der Waals surface area (Å²) in [5.74, 6) is 0.472. The van der Waals surface area contributed by atoms with E-state index in [0.29, 0.717) is 5.57 Å². The Morgan fingerprint density at radius 1 is 1.29 bits per heavy atom. The Morgan fingerprint density at radius 3 is 2.43 bits per heavy atom. The van der Waals surface area contributed by atoms with Crippen molar-refractivity contribution >= 4 is 11.6 Å². The summed E-state index contributed by atoms with van der Waals surface area (Å²) in [7, 11) is 0. The van der Waals surface area contributed by atoms with Crippen LogP contribution in [-0.4, -0.2) is 5.91 Å². The second-order valence-electron chi connectivity index (χ2n) is 5.76. The lowest BCUT2D eigenvalue weighted by molar-refractivity contribution is -0.112. The van der Waals surface area contributed by atoms with Gasteiger partial charge in [-0.3, -0.25) is 4.79 Å². The minimum atomic E-state index is -0.272. The molecule has 1 aliphatic rings. The summed E-state index contributed by atoms with van der Waals surface area (Å²) < 4.78 is 0. The third-order valence-electron chi connectivity index (χ3n) is 4.29. The van der Waals surface area contributed by atoms with Crippen molar-refractivity contribution in [3.05, 3.63) is 41.0 Å². The molecule has 1 saturated carbocycles. The predicted octanol–water partition coefficient (Wildman–Crippen LogP) is 4.35. The van der Waals surface area contributed by atoms with Gasteiger partial charge >= 0.3 is 0 Å². The fourth-order valence-electron chi connectivity index (χ4n) is 2.81. The molecule has 2 rings (SSSR count). The molecule has 0 unspecified atom stereocenters. The van der Waals surface area contributed by atoms with E-state index in [2.05, 4.69) is 18.3 Å². The van der Waals surface area contributed by atoms with Gasteiger partial charge in [0, 0.05) is 5.69 Å². The highest BCUT2D eigenvalue weighted by atomic mass is 16.1. The van der Waals surface area contributed by atoms with Gasteiger partial charge in [-0.1, -0.05) is 31.0 Å². The van der Waals surface area contributed by atoms with Gasteiger partial charge < -0.3 is 5.32 Å². The lowest BCUT2D eigenvalue weighted by Gasteiger charge is -2.23. The first kappa shape index (κ1) is 15.3. The van der Waals surface area contributed by atoms with Crippen molar-refractivity contribution in [2.75, 3.05) is 5.32 Å². The van der Waals surface area contributed by atoms with Gasteiger partial charge in [-0.2, -0.15) is 5.26 Å². The maximum Gasteiger partial charge on any atom is 0.266 e. The van der Waals surface area contributed by atoms with Crippen LogP contribution in [0.5, 0.6) is 0 Å². The van der Waals surface area contributed by atoms with Crippen molar-refractivity contribution in [2.24, 2.45) is 5.92 Å². The van der Waals surface area contributed by atoms with Crippen molar-refractivity contribution < 1.29 is 4.79 Å². The van der Waals surface area contributed by atoms with Crippen LogP contribution in [0.25, 0.3) is 0 Å². The largest absolute Gasteiger partial charge is 0.321 e. The van der Waals surface area contributed by atoms with Crippen LogP contribution in [0.4, 0.5) is 5.69 Å². The summed E-state index contributed by atoms with van der Waals surface area (Å²) in [6, 6.07) is 9.72. The molecule has 0 saturated heterocycles. The van der Waals surface area contributed by atoms with Crippen molar-refractivity contribution in [1.29, 1.82) is 5.26 Å². The third-order valence-corrected chi connectivity index (χ3v) is 4.29. The molecule has 1 aromatic rings. The van der Waals surface area contributed by atoms with Crippen LogP contribution >= 0.6 is 0 Å². The number of anilines is 1. The molecule has 1 N–H and O–H groups in total. The molecule has 1 fully saturated rings. The highest BCUT2D eigenvalue weighted by Gasteiger charge is 2.21. The summed E-state index contributed by atoms with van der Waals surface area (Å²) in [5, 5.41) is 12.1. The SMILES string of the molecule is CCC1CCC(=C(C#N)C(=O)Nc2ccc(C)cc2)CC1. The molecular weight excluding hydrogens is 260 g/mol.